The van der Waals surface area contributed by atoms with Gasteiger partial charge >= 0.3 is 131 Å². The molecule has 0 heterocycles. The van der Waals surface area contributed by atoms with Gasteiger partial charge in [0, 0.05) is 0 Å². The Labute approximate surface area is 131 Å². The van der Waals surface area contributed by atoms with Crippen molar-refractivity contribution in [2.24, 2.45) is 11.8 Å². The quantitative estimate of drug-likeness (QED) is 0.299. The van der Waals surface area contributed by atoms with Crippen LogP contribution in [0.5, 0.6) is 0 Å². The molecule has 0 aromatic carbocycles. The maximum atomic E-state index is 2.75. The second-order valence-electron chi connectivity index (χ2n) is 7.10. The molecule has 2 bridgehead atoms. The summed E-state index contributed by atoms with van der Waals surface area (Å²) in [6.45, 7) is 7.14. The van der Waals surface area contributed by atoms with Crippen LogP contribution in [0.1, 0.15) is 65.7 Å². The number of hydrogen-bond donors (Lipinski definition) is 0. The monoisotopic (exact) mass is 382 g/mol. The molecular weight excluding hydrogens is 347 g/mol. The molecule has 0 saturated carbocycles. The van der Waals surface area contributed by atoms with Crippen molar-refractivity contribution in [1.29, 1.82) is 0 Å². The zero-order chi connectivity index (χ0) is 14.4. The van der Waals surface area contributed by atoms with E-state index < -0.39 is 18.4 Å². The van der Waals surface area contributed by atoms with E-state index in [9.17, 15) is 0 Å². The average molecular weight is 381 g/mol. The number of allylic oxidation sites excluding steroid dienone is 4. The van der Waals surface area contributed by atoms with Gasteiger partial charge in [0.25, 0.3) is 0 Å². The number of rotatable bonds is 10. The SMILES string of the molecule is CCC[CH2][Sn]([CH2]CCC)([CH2]CCC)[C]1=CC2C=CC1C2. The van der Waals surface area contributed by atoms with E-state index in [2.05, 4.69) is 42.6 Å². The van der Waals surface area contributed by atoms with Gasteiger partial charge in [-0.3, -0.25) is 0 Å². The first kappa shape index (κ1) is 16.6. The Bertz CT molecular complexity index is 331. The van der Waals surface area contributed by atoms with Crippen LogP contribution in [-0.2, 0) is 0 Å². The van der Waals surface area contributed by atoms with Gasteiger partial charge in [0.15, 0.2) is 0 Å². The van der Waals surface area contributed by atoms with Crippen LogP contribution in [0.25, 0.3) is 0 Å². The molecule has 0 fully saturated rings. The number of fused-ring (bicyclic) bond motifs is 2. The molecule has 0 radical (unpaired) electrons. The van der Waals surface area contributed by atoms with Crippen molar-refractivity contribution in [2.45, 2.75) is 79.0 Å². The summed E-state index contributed by atoms with van der Waals surface area (Å²) in [7, 11) is 0. The van der Waals surface area contributed by atoms with Gasteiger partial charge in [-0.2, -0.15) is 0 Å². The Morgan fingerprint density at radius 3 is 1.80 bits per heavy atom. The Hall–Kier alpha value is 0.279. The van der Waals surface area contributed by atoms with Gasteiger partial charge in [-0.05, 0) is 0 Å². The summed E-state index contributed by atoms with van der Waals surface area (Å²) >= 11 is -2.05. The predicted molar refractivity (Wildman–Crippen MR) is 93.7 cm³/mol. The minimum absolute atomic E-state index is 0.830. The molecule has 2 atom stereocenters. The molecule has 20 heavy (non-hydrogen) atoms. The Balaban J connectivity index is 2.17. The molecule has 2 aliphatic carbocycles. The Kier molecular flexibility index (Phi) is 6.70. The normalized spacial score (nSPS) is 24.4. The molecule has 0 aromatic heterocycles. The molecule has 2 aliphatic rings. The van der Waals surface area contributed by atoms with Crippen molar-refractivity contribution < 1.29 is 0 Å². The van der Waals surface area contributed by atoms with Crippen LogP contribution in [0.3, 0.4) is 0 Å². The van der Waals surface area contributed by atoms with E-state index in [1.807, 2.05) is 0 Å². The van der Waals surface area contributed by atoms with Crippen LogP contribution in [0, 0.1) is 11.8 Å². The molecule has 0 saturated heterocycles. The summed E-state index contributed by atoms with van der Waals surface area (Å²) in [5, 5.41) is 0. The van der Waals surface area contributed by atoms with Crippen molar-refractivity contribution in [1.82, 2.24) is 0 Å². The first-order valence-electron chi connectivity index (χ1n) is 9.16. The van der Waals surface area contributed by atoms with Gasteiger partial charge in [0.1, 0.15) is 0 Å². The van der Waals surface area contributed by atoms with E-state index in [1.165, 1.54) is 44.9 Å². The molecule has 0 amide bonds. The standard InChI is InChI=1S/C7H7.3C4H9.Sn/c1-2-7-4-3-6(1)5-7;3*1-3-4-2;/h1-3,6-7H,5H2;3*1,3-4H2,2H3;. The van der Waals surface area contributed by atoms with Gasteiger partial charge < -0.3 is 0 Å². The molecule has 1 heteroatoms. The Morgan fingerprint density at radius 2 is 1.45 bits per heavy atom. The van der Waals surface area contributed by atoms with E-state index in [-0.39, 0.29) is 0 Å². The third-order valence-corrected chi connectivity index (χ3v) is 21.8. The van der Waals surface area contributed by atoms with E-state index in [4.69, 9.17) is 0 Å². The van der Waals surface area contributed by atoms with Crippen molar-refractivity contribution in [2.75, 3.05) is 0 Å². The van der Waals surface area contributed by atoms with E-state index in [0.29, 0.717) is 0 Å². The maximum absolute atomic E-state index is 2.75. The first-order chi connectivity index (χ1) is 9.75. The van der Waals surface area contributed by atoms with Crippen LogP contribution in [0.2, 0.25) is 13.3 Å². The third-order valence-electron chi connectivity index (χ3n) is 5.55. The van der Waals surface area contributed by atoms with Crippen LogP contribution in [0.15, 0.2) is 21.8 Å². The zero-order valence-corrected chi connectivity index (χ0v) is 16.8. The molecule has 0 aliphatic heterocycles. The summed E-state index contributed by atoms with van der Waals surface area (Å²) in [5.41, 5.74) is 0. The number of unbranched alkanes of at least 4 members (excludes halogenated alkanes) is 3. The van der Waals surface area contributed by atoms with E-state index in [1.54, 1.807) is 13.3 Å². The molecule has 0 nitrogen and oxygen atoms in total. The molecule has 0 N–H and O–H groups in total. The van der Waals surface area contributed by atoms with Gasteiger partial charge in [0.2, 0.25) is 0 Å². The van der Waals surface area contributed by atoms with E-state index in [0.717, 1.165) is 11.8 Å². The first-order valence-corrected chi connectivity index (χ1v) is 16.6. The molecule has 2 rings (SSSR count). The van der Waals surface area contributed by atoms with E-state index >= 15 is 0 Å². The van der Waals surface area contributed by atoms with Crippen molar-refractivity contribution in [3.63, 3.8) is 0 Å². The molecule has 114 valence electrons. The summed E-state index contributed by atoms with van der Waals surface area (Å²) in [6.07, 6.45) is 17.9. The van der Waals surface area contributed by atoms with Crippen molar-refractivity contribution in [3.05, 3.63) is 21.8 Å². The van der Waals surface area contributed by atoms with Crippen LogP contribution < -0.4 is 0 Å². The van der Waals surface area contributed by atoms with Crippen molar-refractivity contribution in [3.8, 4) is 0 Å². The predicted octanol–water partition coefficient (Wildman–Crippen LogP) is 6.51. The summed E-state index contributed by atoms with van der Waals surface area (Å²) < 4.78 is 7.00. The van der Waals surface area contributed by atoms with Gasteiger partial charge in [-0.25, -0.2) is 0 Å². The zero-order valence-electron chi connectivity index (χ0n) is 14.0. The second-order valence-corrected chi connectivity index (χ2v) is 20.3. The van der Waals surface area contributed by atoms with Crippen molar-refractivity contribution >= 4 is 18.4 Å². The third kappa shape index (κ3) is 3.72. The van der Waals surface area contributed by atoms with Gasteiger partial charge in [-0.15, -0.1) is 0 Å². The second kappa shape index (κ2) is 8.05. The molecule has 2 unspecified atom stereocenters. The Morgan fingerprint density at radius 1 is 0.900 bits per heavy atom. The average Bonchev–Trinajstić information content (AvgIpc) is 3.10. The number of hydrogen-bond acceptors (Lipinski definition) is 0. The van der Waals surface area contributed by atoms with Gasteiger partial charge in [-0.1, -0.05) is 0 Å². The van der Waals surface area contributed by atoms with Gasteiger partial charge in [0.05, 0.1) is 0 Å². The topological polar surface area (TPSA) is 0 Å². The minimum atomic E-state index is -2.05. The fourth-order valence-electron chi connectivity index (χ4n) is 4.36. The fourth-order valence-corrected chi connectivity index (χ4v) is 22.3. The fraction of sp³-hybridized carbons (Fsp3) is 0.789. The van der Waals surface area contributed by atoms with Crippen LogP contribution in [0.4, 0.5) is 0 Å². The summed E-state index contributed by atoms with van der Waals surface area (Å²) in [4.78, 5) is 0. The summed E-state index contributed by atoms with van der Waals surface area (Å²) in [6, 6.07) is 0. The van der Waals surface area contributed by atoms with Crippen LogP contribution >= 0.6 is 0 Å². The summed E-state index contributed by atoms with van der Waals surface area (Å²) in [5.74, 6) is 1.72. The molecular formula is C19H34Sn. The molecule has 0 spiro atoms. The van der Waals surface area contributed by atoms with Crippen LogP contribution in [-0.4, -0.2) is 18.4 Å². The molecule has 0 aromatic rings.